The molecule has 4 heteroatoms. The van der Waals surface area contributed by atoms with Crippen molar-refractivity contribution >= 4 is 29.2 Å². The molecule has 0 N–H and O–H groups in total. The number of aldehydes is 1. The predicted molar refractivity (Wildman–Crippen MR) is 98.7 cm³/mol. The fourth-order valence-electron chi connectivity index (χ4n) is 3.06. The average molecular weight is 333 g/mol. The largest absolute Gasteiger partial charge is 0.466 e. The summed E-state index contributed by atoms with van der Waals surface area (Å²) in [4.78, 5) is 23.1. The van der Waals surface area contributed by atoms with Crippen molar-refractivity contribution < 1.29 is 14.3 Å². The minimum absolute atomic E-state index is 0.426. The zero-order chi connectivity index (χ0) is 17.8. The number of ether oxygens (including phenoxy) is 1. The van der Waals surface area contributed by atoms with Crippen LogP contribution in [-0.4, -0.2) is 23.9 Å². The Morgan fingerprint density at radius 3 is 2.56 bits per heavy atom. The van der Waals surface area contributed by atoms with Gasteiger partial charge in [0.15, 0.2) is 6.29 Å². The normalized spacial score (nSPS) is 11.1. The molecule has 0 saturated heterocycles. The van der Waals surface area contributed by atoms with Gasteiger partial charge in [0.05, 0.1) is 7.11 Å². The van der Waals surface area contributed by atoms with E-state index in [2.05, 4.69) is 21.4 Å². The van der Waals surface area contributed by atoms with Gasteiger partial charge in [-0.25, -0.2) is 4.79 Å². The molecular weight excluding hydrogens is 314 g/mol. The van der Waals surface area contributed by atoms with Gasteiger partial charge in [-0.05, 0) is 30.2 Å². The Morgan fingerprint density at radius 1 is 1.12 bits per heavy atom. The van der Waals surface area contributed by atoms with Crippen LogP contribution in [-0.2, 0) is 16.1 Å². The molecule has 0 saturated carbocycles. The number of hydrogen-bond acceptors (Lipinski definition) is 3. The summed E-state index contributed by atoms with van der Waals surface area (Å²) in [6, 6.07) is 15.9. The number of carbonyl (C=O) groups excluding carboxylic acids is 2. The van der Waals surface area contributed by atoms with E-state index in [0.29, 0.717) is 12.1 Å². The third-order valence-electron chi connectivity index (χ3n) is 4.33. The second-order valence-corrected chi connectivity index (χ2v) is 5.79. The van der Waals surface area contributed by atoms with Gasteiger partial charge in [0.1, 0.15) is 0 Å². The van der Waals surface area contributed by atoms with E-state index >= 15 is 0 Å². The summed E-state index contributed by atoms with van der Waals surface area (Å²) < 4.78 is 6.78. The first-order valence-corrected chi connectivity index (χ1v) is 8.02. The van der Waals surface area contributed by atoms with Crippen LogP contribution in [0.2, 0.25) is 0 Å². The molecular formula is C21H19NO3. The molecule has 1 heterocycles. The summed E-state index contributed by atoms with van der Waals surface area (Å²) in [5.41, 5.74) is 4.51. The molecule has 2 aromatic carbocycles. The van der Waals surface area contributed by atoms with Gasteiger partial charge >= 0.3 is 5.97 Å². The van der Waals surface area contributed by atoms with Crippen molar-refractivity contribution in [2.45, 2.75) is 13.5 Å². The molecule has 3 aromatic rings. The van der Waals surface area contributed by atoms with Crippen molar-refractivity contribution in [1.29, 1.82) is 0 Å². The summed E-state index contributed by atoms with van der Waals surface area (Å²) in [7, 11) is 1.34. The molecule has 0 spiro atoms. The number of carbonyl (C=O) groups is 2. The maximum atomic E-state index is 11.7. The highest BCUT2D eigenvalue weighted by atomic mass is 16.5. The smallest absolute Gasteiger partial charge is 0.330 e. The van der Waals surface area contributed by atoms with Gasteiger partial charge in [0.25, 0.3) is 0 Å². The van der Waals surface area contributed by atoms with Gasteiger partial charge in [-0.3, -0.25) is 4.79 Å². The van der Waals surface area contributed by atoms with Gasteiger partial charge in [-0.1, -0.05) is 42.5 Å². The zero-order valence-corrected chi connectivity index (χ0v) is 14.2. The maximum absolute atomic E-state index is 11.7. The predicted octanol–water partition coefficient (Wildman–Crippen LogP) is 4.00. The van der Waals surface area contributed by atoms with E-state index in [9.17, 15) is 9.59 Å². The molecule has 25 heavy (non-hydrogen) atoms. The minimum atomic E-state index is -0.426. The van der Waals surface area contributed by atoms with Gasteiger partial charge in [-0.15, -0.1) is 0 Å². The fourth-order valence-corrected chi connectivity index (χ4v) is 3.06. The number of methoxy groups -OCH3 is 1. The van der Waals surface area contributed by atoms with E-state index in [0.717, 1.165) is 34.0 Å². The number of benzene rings is 2. The standard InChI is InChI=1S/C21H19NO3/c1-15-18(14-23)21-17(11-12-20(24)25-2)9-6-10-19(21)22(15)13-16-7-4-3-5-8-16/h3-12,14H,13H2,1-2H3/b12-11+. The van der Waals surface area contributed by atoms with Crippen LogP contribution in [0.5, 0.6) is 0 Å². The van der Waals surface area contributed by atoms with Crippen molar-refractivity contribution in [2.24, 2.45) is 0 Å². The number of fused-ring (bicyclic) bond motifs is 1. The molecule has 126 valence electrons. The second kappa shape index (κ2) is 7.18. The Balaban J connectivity index is 2.16. The lowest BCUT2D eigenvalue weighted by atomic mass is 10.1. The van der Waals surface area contributed by atoms with Crippen LogP contribution in [0.1, 0.15) is 27.2 Å². The van der Waals surface area contributed by atoms with Crippen LogP contribution in [0.15, 0.2) is 54.6 Å². The lowest BCUT2D eigenvalue weighted by molar-refractivity contribution is -0.134. The molecule has 0 aliphatic heterocycles. The van der Waals surface area contributed by atoms with E-state index in [4.69, 9.17) is 0 Å². The second-order valence-electron chi connectivity index (χ2n) is 5.79. The zero-order valence-electron chi connectivity index (χ0n) is 14.2. The Morgan fingerprint density at radius 2 is 1.88 bits per heavy atom. The lowest BCUT2D eigenvalue weighted by Gasteiger charge is -2.08. The number of esters is 1. The summed E-state index contributed by atoms with van der Waals surface area (Å²) >= 11 is 0. The van der Waals surface area contributed by atoms with Crippen molar-refractivity contribution in [2.75, 3.05) is 7.11 Å². The van der Waals surface area contributed by atoms with Gasteiger partial charge in [0.2, 0.25) is 0 Å². The lowest BCUT2D eigenvalue weighted by Crippen LogP contribution is -2.02. The van der Waals surface area contributed by atoms with Crippen LogP contribution in [0.25, 0.3) is 17.0 Å². The van der Waals surface area contributed by atoms with Gasteiger partial charge in [0, 0.05) is 34.8 Å². The van der Waals surface area contributed by atoms with Crippen LogP contribution in [0.4, 0.5) is 0 Å². The third kappa shape index (κ3) is 3.24. The summed E-state index contributed by atoms with van der Waals surface area (Å²) in [5, 5.41) is 0.853. The van der Waals surface area contributed by atoms with Crippen molar-refractivity contribution in [3.63, 3.8) is 0 Å². The third-order valence-corrected chi connectivity index (χ3v) is 4.33. The van der Waals surface area contributed by atoms with E-state index in [1.807, 2.05) is 43.3 Å². The monoisotopic (exact) mass is 333 g/mol. The Hall–Kier alpha value is -3.14. The summed E-state index contributed by atoms with van der Waals surface area (Å²) in [6.07, 6.45) is 3.94. The molecule has 0 aliphatic carbocycles. The molecule has 0 fully saturated rings. The Labute approximate surface area is 146 Å². The SMILES string of the molecule is COC(=O)/C=C/c1cccc2c1c(C=O)c(C)n2Cc1ccccc1. The minimum Gasteiger partial charge on any atom is -0.466 e. The highest BCUT2D eigenvalue weighted by molar-refractivity contribution is 6.04. The van der Waals surface area contributed by atoms with E-state index in [-0.39, 0.29) is 0 Å². The Kier molecular flexibility index (Phi) is 4.80. The first kappa shape index (κ1) is 16.7. The number of nitrogens with zero attached hydrogens (tertiary/aromatic N) is 1. The van der Waals surface area contributed by atoms with Crippen LogP contribution >= 0.6 is 0 Å². The molecule has 0 unspecified atom stereocenters. The molecule has 0 atom stereocenters. The Bertz CT molecular complexity index is 952. The first-order valence-electron chi connectivity index (χ1n) is 8.02. The van der Waals surface area contributed by atoms with Crippen LogP contribution < -0.4 is 0 Å². The van der Waals surface area contributed by atoms with Crippen molar-refractivity contribution in [3.8, 4) is 0 Å². The highest BCUT2D eigenvalue weighted by Crippen LogP contribution is 2.29. The highest BCUT2D eigenvalue weighted by Gasteiger charge is 2.16. The van der Waals surface area contributed by atoms with E-state index in [1.54, 1.807) is 6.08 Å². The molecule has 0 bridgehead atoms. The number of aromatic nitrogens is 1. The first-order chi connectivity index (χ1) is 12.2. The van der Waals surface area contributed by atoms with Crippen LogP contribution in [0.3, 0.4) is 0 Å². The topological polar surface area (TPSA) is 48.3 Å². The maximum Gasteiger partial charge on any atom is 0.330 e. The molecule has 4 nitrogen and oxygen atoms in total. The molecule has 0 amide bonds. The number of rotatable bonds is 5. The molecule has 0 aliphatic rings. The van der Waals surface area contributed by atoms with Gasteiger partial charge < -0.3 is 9.30 Å². The van der Waals surface area contributed by atoms with E-state index < -0.39 is 5.97 Å². The van der Waals surface area contributed by atoms with Gasteiger partial charge in [-0.2, -0.15) is 0 Å². The summed E-state index contributed by atoms with van der Waals surface area (Å²) in [6.45, 7) is 2.63. The van der Waals surface area contributed by atoms with Crippen molar-refractivity contribution in [3.05, 3.63) is 77.0 Å². The fraction of sp³-hybridized carbons (Fsp3) is 0.143. The van der Waals surface area contributed by atoms with E-state index in [1.165, 1.54) is 13.2 Å². The molecule has 3 rings (SSSR count). The average Bonchev–Trinajstić information content (AvgIpc) is 2.92. The molecule has 0 radical (unpaired) electrons. The summed E-state index contributed by atoms with van der Waals surface area (Å²) in [5.74, 6) is -0.426. The van der Waals surface area contributed by atoms with Crippen LogP contribution in [0, 0.1) is 6.92 Å². The molecule has 1 aromatic heterocycles. The number of hydrogen-bond donors (Lipinski definition) is 0. The van der Waals surface area contributed by atoms with Crippen molar-refractivity contribution in [1.82, 2.24) is 4.57 Å². The quantitative estimate of drug-likeness (QED) is 0.403.